The Balaban J connectivity index is 1.66. The topological polar surface area (TPSA) is 6.48 Å². The number of fused-ring (bicyclic) bond motifs is 1. The number of anilines is 2. The average Bonchev–Trinajstić information content (AvgIpc) is 2.83. The summed E-state index contributed by atoms with van der Waals surface area (Å²) in [5, 5.41) is 0. The van der Waals surface area contributed by atoms with Crippen LogP contribution in [-0.4, -0.2) is 12.6 Å². The summed E-state index contributed by atoms with van der Waals surface area (Å²) in [6.45, 7) is 10.6. The van der Waals surface area contributed by atoms with Crippen molar-refractivity contribution in [3.8, 4) is 0 Å². The zero-order valence-electron chi connectivity index (χ0n) is 20.6. The van der Waals surface area contributed by atoms with Gasteiger partial charge in [0.15, 0.2) is 0 Å². The van der Waals surface area contributed by atoms with E-state index in [1.165, 1.54) is 41.8 Å². The third-order valence-corrected chi connectivity index (χ3v) is 7.89. The average molecular weight is 439 g/mol. The second kappa shape index (κ2) is 8.89. The van der Waals surface area contributed by atoms with Gasteiger partial charge in [-0.1, -0.05) is 88.4 Å². The standard InChI is InChI=1S/C31H38N2/c1-23(2)24-15-17-25(18-16-24)30-32(27-11-7-5-8-12-27)22-26-19-20-31(3,4)21-29(26)33(30)28-13-9-6-10-14-28/h5-18,23,26,29-30H,19-22H2,1-4H3. The van der Waals surface area contributed by atoms with E-state index < -0.39 is 0 Å². The van der Waals surface area contributed by atoms with Crippen molar-refractivity contribution in [3.05, 3.63) is 96.1 Å². The first-order valence-electron chi connectivity index (χ1n) is 12.7. The number of nitrogens with zero attached hydrogens (tertiary/aromatic N) is 2. The van der Waals surface area contributed by atoms with Crippen LogP contribution in [0.25, 0.3) is 0 Å². The molecule has 0 aromatic heterocycles. The lowest BCUT2D eigenvalue weighted by molar-refractivity contribution is 0.135. The molecule has 0 amide bonds. The fourth-order valence-corrected chi connectivity index (χ4v) is 6.02. The largest absolute Gasteiger partial charge is 0.347 e. The molecule has 2 nitrogen and oxygen atoms in total. The minimum Gasteiger partial charge on any atom is -0.347 e. The van der Waals surface area contributed by atoms with Crippen LogP contribution >= 0.6 is 0 Å². The monoisotopic (exact) mass is 438 g/mol. The van der Waals surface area contributed by atoms with Crippen LogP contribution in [-0.2, 0) is 0 Å². The second-order valence-corrected chi connectivity index (χ2v) is 11.2. The van der Waals surface area contributed by atoms with Gasteiger partial charge >= 0.3 is 0 Å². The zero-order valence-corrected chi connectivity index (χ0v) is 20.6. The van der Waals surface area contributed by atoms with Crippen molar-refractivity contribution in [1.29, 1.82) is 0 Å². The van der Waals surface area contributed by atoms with E-state index >= 15 is 0 Å². The van der Waals surface area contributed by atoms with E-state index in [0.717, 1.165) is 6.54 Å². The third-order valence-electron chi connectivity index (χ3n) is 7.89. The van der Waals surface area contributed by atoms with Crippen molar-refractivity contribution in [3.63, 3.8) is 0 Å². The van der Waals surface area contributed by atoms with Crippen LogP contribution in [0.5, 0.6) is 0 Å². The summed E-state index contributed by atoms with van der Waals surface area (Å²) in [4.78, 5) is 5.42. The van der Waals surface area contributed by atoms with E-state index in [4.69, 9.17) is 0 Å². The van der Waals surface area contributed by atoms with Crippen LogP contribution in [0.3, 0.4) is 0 Å². The minimum absolute atomic E-state index is 0.186. The van der Waals surface area contributed by atoms with Crippen molar-refractivity contribution in [2.75, 3.05) is 16.3 Å². The van der Waals surface area contributed by atoms with Crippen molar-refractivity contribution in [2.24, 2.45) is 11.3 Å². The van der Waals surface area contributed by atoms with Crippen LogP contribution in [0.1, 0.15) is 70.2 Å². The highest BCUT2D eigenvalue weighted by molar-refractivity contribution is 5.58. The molecule has 3 aromatic rings. The van der Waals surface area contributed by atoms with Crippen LogP contribution in [0.4, 0.5) is 11.4 Å². The van der Waals surface area contributed by atoms with Gasteiger partial charge in [0.05, 0.1) is 0 Å². The molecule has 0 spiro atoms. The van der Waals surface area contributed by atoms with E-state index in [2.05, 4.69) is 122 Å². The molecule has 0 radical (unpaired) electrons. The minimum atomic E-state index is 0.186. The predicted octanol–water partition coefficient (Wildman–Crippen LogP) is 8.03. The van der Waals surface area contributed by atoms with Gasteiger partial charge in [-0.15, -0.1) is 0 Å². The Morgan fingerprint density at radius 1 is 0.788 bits per heavy atom. The highest BCUT2D eigenvalue weighted by atomic mass is 15.4. The normalized spacial score (nSPS) is 24.6. The second-order valence-electron chi connectivity index (χ2n) is 11.2. The molecule has 33 heavy (non-hydrogen) atoms. The summed E-state index contributed by atoms with van der Waals surface area (Å²) in [7, 11) is 0. The van der Waals surface area contributed by atoms with Crippen LogP contribution in [0.15, 0.2) is 84.9 Å². The van der Waals surface area contributed by atoms with E-state index in [1.807, 2.05) is 0 Å². The lowest BCUT2D eigenvalue weighted by Gasteiger charge is -2.57. The first-order valence-corrected chi connectivity index (χ1v) is 12.7. The third kappa shape index (κ3) is 4.40. The van der Waals surface area contributed by atoms with Gasteiger partial charge in [-0.05, 0) is 71.9 Å². The molecule has 172 valence electrons. The van der Waals surface area contributed by atoms with Crippen LogP contribution in [0.2, 0.25) is 0 Å². The smallest absolute Gasteiger partial charge is 0.128 e. The molecule has 2 fully saturated rings. The lowest BCUT2D eigenvalue weighted by Crippen LogP contribution is -2.60. The lowest BCUT2D eigenvalue weighted by atomic mass is 9.68. The van der Waals surface area contributed by atoms with E-state index in [1.54, 1.807) is 0 Å². The molecule has 1 saturated heterocycles. The molecular formula is C31H38N2. The molecule has 0 N–H and O–H groups in total. The summed E-state index contributed by atoms with van der Waals surface area (Å²) in [6, 6.07) is 32.2. The molecule has 1 saturated carbocycles. The summed E-state index contributed by atoms with van der Waals surface area (Å²) in [6.07, 6.45) is 4.04. The Morgan fingerprint density at radius 3 is 2.00 bits per heavy atom. The van der Waals surface area contributed by atoms with Gasteiger partial charge in [0, 0.05) is 24.0 Å². The molecule has 5 rings (SSSR count). The number of benzene rings is 3. The fraction of sp³-hybridized carbons (Fsp3) is 0.419. The number of hydrogen-bond acceptors (Lipinski definition) is 2. The molecule has 0 bridgehead atoms. The zero-order chi connectivity index (χ0) is 23.0. The molecule has 1 aliphatic heterocycles. The van der Waals surface area contributed by atoms with E-state index in [0.29, 0.717) is 23.3 Å². The quantitative estimate of drug-likeness (QED) is 0.407. The summed E-state index contributed by atoms with van der Waals surface area (Å²) >= 11 is 0. The number of para-hydroxylation sites is 2. The van der Waals surface area contributed by atoms with Gasteiger partial charge in [0.2, 0.25) is 0 Å². The first-order chi connectivity index (χ1) is 15.9. The van der Waals surface area contributed by atoms with Crippen LogP contribution in [0, 0.1) is 11.3 Å². The molecule has 1 heterocycles. The Hall–Kier alpha value is -2.74. The van der Waals surface area contributed by atoms with Crippen LogP contribution < -0.4 is 9.80 Å². The van der Waals surface area contributed by atoms with Gasteiger partial charge < -0.3 is 9.80 Å². The molecule has 3 aromatic carbocycles. The molecule has 2 heteroatoms. The highest BCUT2D eigenvalue weighted by Gasteiger charge is 2.46. The number of hydrogen-bond donors (Lipinski definition) is 0. The van der Waals surface area contributed by atoms with Crippen molar-refractivity contribution in [1.82, 2.24) is 0 Å². The van der Waals surface area contributed by atoms with Crippen molar-refractivity contribution < 1.29 is 0 Å². The van der Waals surface area contributed by atoms with Gasteiger partial charge in [0.1, 0.15) is 6.17 Å². The number of rotatable bonds is 4. The SMILES string of the molecule is CC(C)c1ccc(C2N(c3ccccc3)CC3CCC(C)(C)CC3N2c2ccccc2)cc1. The van der Waals surface area contributed by atoms with Gasteiger partial charge in [-0.2, -0.15) is 0 Å². The Morgan fingerprint density at radius 2 is 1.39 bits per heavy atom. The van der Waals surface area contributed by atoms with Gasteiger partial charge in [-0.25, -0.2) is 0 Å². The molecule has 2 aliphatic rings. The maximum atomic E-state index is 2.76. The van der Waals surface area contributed by atoms with E-state index in [-0.39, 0.29) is 6.17 Å². The maximum absolute atomic E-state index is 2.76. The summed E-state index contributed by atoms with van der Waals surface area (Å²) < 4.78 is 0. The first kappa shape index (κ1) is 22.1. The molecule has 3 atom stereocenters. The van der Waals surface area contributed by atoms with Gasteiger partial charge in [0.25, 0.3) is 0 Å². The maximum Gasteiger partial charge on any atom is 0.128 e. The Bertz CT molecular complexity index is 1040. The summed E-state index contributed by atoms with van der Waals surface area (Å²) in [5.41, 5.74) is 5.83. The Kier molecular flexibility index (Phi) is 5.95. The Labute approximate surface area is 200 Å². The molecule has 1 aliphatic carbocycles. The van der Waals surface area contributed by atoms with Crippen molar-refractivity contribution in [2.45, 2.75) is 65.1 Å². The van der Waals surface area contributed by atoms with Crippen molar-refractivity contribution >= 4 is 11.4 Å². The molecule has 3 unspecified atom stereocenters. The highest BCUT2D eigenvalue weighted by Crippen LogP contribution is 2.49. The fourth-order valence-electron chi connectivity index (χ4n) is 6.02. The summed E-state index contributed by atoms with van der Waals surface area (Å²) in [5.74, 6) is 1.22. The predicted molar refractivity (Wildman–Crippen MR) is 141 cm³/mol. The van der Waals surface area contributed by atoms with E-state index in [9.17, 15) is 0 Å². The molecular weight excluding hydrogens is 400 g/mol. The van der Waals surface area contributed by atoms with Gasteiger partial charge in [-0.3, -0.25) is 0 Å².